The topological polar surface area (TPSA) is 67.1 Å². The summed E-state index contributed by atoms with van der Waals surface area (Å²) in [6.07, 6.45) is 0. The quantitative estimate of drug-likeness (QED) is 0.599. The van der Waals surface area contributed by atoms with Gasteiger partial charge in [-0.25, -0.2) is 0 Å². The number of benzene rings is 2. The van der Waals surface area contributed by atoms with Gasteiger partial charge in [-0.1, -0.05) is 35.3 Å². The molecular formula is C13H11Cl2N3O. The third-order valence-corrected chi connectivity index (χ3v) is 3.07. The van der Waals surface area contributed by atoms with Gasteiger partial charge in [0.05, 0.1) is 22.0 Å². The van der Waals surface area contributed by atoms with Crippen LogP contribution >= 0.6 is 23.2 Å². The number of anilines is 2. The van der Waals surface area contributed by atoms with Gasteiger partial charge in [0.15, 0.2) is 0 Å². The van der Waals surface area contributed by atoms with E-state index in [2.05, 4.69) is 10.7 Å². The van der Waals surface area contributed by atoms with Crippen LogP contribution in [0.5, 0.6) is 0 Å². The van der Waals surface area contributed by atoms with Crippen molar-refractivity contribution in [2.75, 3.05) is 10.7 Å². The molecule has 2 aromatic carbocycles. The number of nitrogens with two attached hydrogens (primary N) is 1. The fourth-order valence-corrected chi connectivity index (χ4v) is 1.93. The molecule has 98 valence electrons. The second-order valence-corrected chi connectivity index (χ2v) is 4.61. The Morgan fingerprint density at radius 2 is 1.79 bits per heavy atom. The lowest BCUT2D eigenvalue weighted by molar-refractivity contribution is 0.102. The number of para-hydroxylation sites is 1. The van der Waals surface area contributed by atoms with Gasteiger partial charge in [0.2, 0.25) is 0 Å². The summed E-state index contributed by atoms with van der Waals surface area (Å²) in [6, 6.07) is 11.7. The van der Waals surface area contributed by atoms with Crippen LogP contribution in [0.15, 0.2) is 42.5 Å². The summed E-state index contributed by atoms with van der Waals surface area (Å²) >= 11 is 11.9. The van der Waals surface area contributed by atoms with Crippen molar-refractivity contribution in [3.05, 3.63) is 58.1 Å². The molecule has 0 spiro atoms. The molecule has 4 N–H and O–H groups in total. The van der Waals surface area contributed by atoms with Crippen LogP contribution in [0.4, 0.5) is 11.4 Å². The third kappa shape index (κ3) is 3.17. The number of rotatable bonds is 3. The predicted octanol–water partition coefficient (Wildman–Crippen LogP) is 3.53. The van der Waals surface area contributed by atoms with E-state index in [0.717, 1.165) is 0 Å². The zero-order chi connectivity index (χ0) is 13.8. The molecule has 19 heavy (non-hydrogen) atoms. The Bertz CT molecular complexity index is 617. The highest BCUT2D eigenvalue weighted by molar-refractivity contribution is 6.36. The first kappa shape index (κ1) is 13.7. The Labute approximate surface area is 120 Å². The number of carbonyl (C=O) groups excluding carboxylic acids is 1. The molecule has 0 fully saturated rings. The Kier molecular flexibility index (Phi) is 4.27. The summed E-state index contributed by atoms with van der Waals surface area (Å²) in [7, 11) is 0. The van der Waals surface area contributed by atoms with Crippen LogP contribution in [-0.4, -0.2) is 5.91 Å². The molecule has 0 bridgehead atoms. The van der Waals surface area contributed by atoms with E-state index < -0.39 is 0 Å². The number of nitrogen functional groups attached to an aromatic ring is 1. The van der Waals surface area contributed by atoms with Crippen molar-refractivity contribution >= 4 is 40.5 Å². The molecule has 0 aliphatic rings. The molecule has 6 heteroatoms. The highest BCUT2D eigenvalue weighted by Gasteiger charge is 2.12. The second kappa shape index (κ2) is 5.93. The van der Waals surface area contributed by atoms with Gasteiger partial charge in [0, 0.05) is 5.02 Å². The highest BCUT2D eigenvalue weighted by Crippen LogP contribution is 2.26. The van der Waals surface area contributed by atoms with E-state index in [0.29, 0.717) is 27.0 Å². The Morgan fingerprint density at radius 3 is 2.53 bits per heavy atom. The first-order chi connectivity index (χ1) is 9.11. The molecule has 0 radical (unpaired) electrons. The zero-order valence-electron chi connectivity index (χ0n) is 9.78. The zero-order valence-corrected chi connectivity index (χ0v) is 11.3. The Hall–Kier alpha value is -1.75. The predicted molar refractivity (Wildman–Crippen MR) is 78.7 cm³/mol. The SMILES string of the molecule is NNc1ccccc1C(=O)Nc1cc(Cl)ccc1Cl. The van der Waals surface area contributed by atoms with Gasteiger partial charge in [-0.3, -0.25) is 10.6 Å². The van der Waals surface area contributed by atoms with Crippen LogP contribution in [0.25, 0.3) is 0 Å². The molecule has 0 saturated carbocycles. The summed E-state index contributed by atoms with van der Waals surface area (Å²) in [5.41, 5.74) is 3.86. The van der Waals surface area contributed by atoms with E-state index in [1.807, 2.05) is 0 Å². The molecule has 1 amide bonds. The van der Waals surface area contributed by atoms with E-state index in [-0.39, 0.29) is 5.91 Å². The normalized spacial score (nSPS) is 10.1. The molecular weight excluding hydrogens is 285 g/mol. The molecule has 0 atom stereocenters. The van der Waals surface area contributed by atoms with Crippen LogP contribution in [0.3, 0.4) is 0 Å². The maximum absolute atomic E-state index is 12.1. The van der Waals surface area contributed by atoms with Crippen LogP contribution in [0, 0.1) is 0 Å². The first-order valence-corrected chi connectivity index (χ1v) is 6.19. The van der Waals surface area contributed by atoms with Crippen molar-refractivity contribution < 1.29 is 4.79 Å². The van der Waals surface area contributed by atoms with Crippen molar-refractivity contribution in [2.24, 2.45) is 5.84 Å². The minimum absolute atomic E-state index is 0.322. The number of nitrogens with one attached hydrogen (secondary N) is 2. The van der Waals surface area contributed by atoms with Gasteiger partial charge >= 0.3 is 0 Å². The Balaban J connectivity index is 2.28. The minimum atomic E-state index is -0.322. The van der Waals surface area contributed by atoms with Gasteiger partial charge in [0.1, 0.15) is 0 Å². The molecule has 2 aromatic rings. The number of halogens is 2. The summed E-state index contributed by atoms with van der Waals surface area (Å²) in [5.74, 6) is 5.04. The first-order valence-electron chi connectivity index (χ1n) is 5.44. The van der Waals surface area contributed by atoms with Crippen molar-refractivity contribution in [2.45, 2.75) is 0 Å². The van der Waals surface area contributed by atoms with Crippen molar-refractivity contribution in [1.29, 1.82) is 0 Å². The lowest BCUT2D eigenvalue weighted by atomic mass is 10.1. The average Bonchev–Trinajstić information content (AvgIpc) is 2.42. The lowest BCUT2D eigenvalue weighted by Gasteiger charge is -2.10. The van der Waals surface area contributed by atoms with Crippen LogP contribution in [0.2, 0.25) is 10.0 Å². The largest absolute Gasteiger partial charge is 0.323 e. The number of carbonyl (C=O) groups is 1. The molecule has 0 aliphatic carbocycles. The molecule has 0 aliphatic heterocycles. The molecule has 2 rings (SSSR count). The van der Waals surface area contributed by atoms with Gasteiger partial charge in [0.25, 0.3) is 5.91 Å². The smallest absolute Gasteiger partial charge is 0.257 e. The number of amides is 1. The molecule has 0 unspecified atom stereocenters. The fraction of sp³-hybridized carbons (Fsp3) is 0. The van der Waals surface area contributed by atoms with E-state index in [4.69, 9.17) is 29.0 Å². The monoisotopic (exact) mass is 295 g/mol. The summed E-state index contributed by atoms with van der Waals surface area (Å²) < 4.78 is 0. The van der Waals surface area contributed by atoms with Crippen molar-refractivity contribution in [1.82, 2.24) is 0 Å². The minimum Gasteiger partial charge on any atom is -0.323 e. The molecule has 0 saturated heterocycles. The van der Waals surface area contributed by atoms with E-state index in [1.54, 1.807) is 42.5 Å². The number of hydrazine groups is 1. The van der Waals surface area contributed by atoms with Crippen LogP contribution in [-0.2, 0) is 0 Å². The second-order valence-electron chi connectivity index (χ2n) is 3.77. The van der Waals surface area contributed by atoms with Gasteiger partial charge in [-0.05, 0) is 30.3 Å². The van der Waals surface area contributed by atoms with Crippen LogP contribution < -0.4 is 16.6 Å². The maximum Gasteiger partial charge on any atom is 0.257 e. The standard InChI is InChI=1S/C13H11Cl2N3O/c14-8-5-6-10(15)12(7-8)17-13(19)9-3-1-2-4-11(9)18-16/h1-7,18H,16H2,(H,17,19). The molecule has 0 heterocycles. The Morgan fingerprint density at radius 1 is 1.05 bits per heavy atom. The lowest BCUT2D eigenvalue weighted by Crippen LogP contribution is -2.17. The third-order valence-electron chi connectivity index (χ3n) is 2.50. The van der Waals surface area contributed by atoms with E-state index in [1.165, 1.54) is 0 Å². The summed E-state index contributed by atoms with van der Waals surface area (Å²) in [4.78, 5) is 12.1. The van der Waals surface area contributed by atoms with Gasteiger partial charge in [-0.15, -0.1) is 0 Å². The maximum atomic E-state index is 12.1. The highest BCUT2D eigenvalue weighted by atomic mass is 35.5. The number of hydrogen-bond donors (Lipinski definition) is 3. The van der Waals surface area contributed by atoms with Crippen molar-refractivity contribution in [3.63, 3.8) is 0 Å². The fourth-order valence-electron chi connectivity index (χ4n) is 1.59. The van der Waals surface area contributed by atoms with Gasteiger partial charge < -0.3 is 10.7 Å². The summed E-state index contributed by atoms with van der Waals surface area (Å²) in [6.45, 7) is 0. The molecule has 0 aromatic heterocycles. The summed E-state index contributed by atoms with van der Waals surface area (Å²) in [5, 5.41) is 3.59. The van der Waals surface area contributed by atoms with E-state index in [9.17, 15) is 4.79 Å². The van der Waals surface area contributed by atoms with Crippen LogP contribution in [0.1, 0.15) is 10.4 Å². The van der Waals surface area contributed by atoms with Crippen molar-refractivity contribution in [3.8, 4) is 0 Å². The molecule has 4 nitrogen and oxygen atoms in total. The van der Waals surface area contributed by atoms with E-state index >= 15 is 0 Å². The average molecular weight is 296 g/mol. The number of hydrogen-bond acceptors (Lipinski definition) is 3. The van der Waals surface area contributed by atoms with Gasteiger partial charge in [-0.2, -0.15) is 0 Å².